The van der Waals surface area contributed by atoms with E-state index in [4.69, 9.17) is 0 Å². The van der Waals surface area contributed by atoms with E-state index in [1.165, 1.54) is 49.2 Å². The third-order valence-electron chi connectivity index (χ3n) is 4.80. The third-order valence-corrected chi connectivity index (χ3v) is 8.77. The van der Waals surface area contributed by atoms with Gasteiger partial charge in [0, 0.05) is 17.0 Å². The molecule has 0 saturated carbocycles. The van der Waals surface area contributed by atoms with Crippen molar-refractivity contribution in [1.82, 2.24) is 0 Å². The molecule has 1 aliphatic heterocycles. The number of carbonyl (C=O) groups excluding carboxylic acids is 3. The van der Waals surface area contributed by atoms with Gasteiger partial charge >= 0.3 is 5.97 Å². The van der Waals surface area contributed by atoms with Gasteiger partial charge in [0.1, 0.15) is 4.21 Å². The minimum absolute atomic E-state index is 0.0367. The highest BCUT2D eigenvalue weighted by molar-refractivity contribution is 8.00. The average molecular weight is 503 g/mol. The van der Waals surface area contributed by atoms with Crippen LogP contribution in [0.4, 0.5) is 11.4 Å². The van der Waals surface area contributed by atoms with Gasteiger partial charge in [0.15, 0.2) is 0 Å². The molecule has 0 spiro atoms. The van der Waals surface area contributed by atoms with E-state index < -0.39 is 21.2 Å². The van der Waals surface area contributed by atoms with Crippen molar-refractivity contribution < 1.29 is 27.5 Å². The van der Waals surface area contributed by atoms with Crippen molar-refractivity contribution in [2.75, 3.05) is 16.7 Å². The molecule has 1 aromatic heterocycles. The van der Waals surface area contributed by atoms with Gasteiger partial charge < -0.3 is 4.74 Å². The lowest BCUT2D eigenvalue weighted by atomic mass is 10.2. The van der Waals surface area contributed by atoms with Crippen molar-refractivity contribution in [2.45, 2.75) is 20.8 Å². The normalized spacial score (nSPS) is 16.2. The van der Waals surface area contributed by atoms with Gasteiger partial charge in [-0.2, -0.15) is 0 Å². The molecule has 0 bridgehead atoms. The Morgan fingerprint density at radius 3 is 2.39 bits per heavy atom. The molecule has 1 atom stereocenters. The molecule has 1 saturated heterocycles. The number of hydrogen-bond acceptors (Lipinski definition) is 8. The molecule has 11 heteroatoms. The smallest absolute Gasteiger partial charge is 0.337 e. The Bertz CT molecular complexity index is 1290. The van der Waals surface area contributed by atoms with Gasteiger partial charge in [-0.05, 0) is 60.0 Å². The first-order chi connectivity index (χ1) is 15.8. The van der Waals surface area contributed by atoms with Crippen LogP contribution < -0.4 is 9.62 Å². The molecule has 1 fully saturated rings. The summed E-state index contributed by atoms with van der Waals surface area (Å²) in [6.07, 6.45) is 0.0367. The standard InChI is InChI=1S/C22H18N2O6S3/c1-30-22(27)14-4-8-16(9-5-14)24-19(25)13-18(21(24)26)32-17-10-6-15(7-11-17)23-33(28,29)20-3-2-12-31-20/h2-12,18,23H,13H2,1H3. The van der Waals surface area contributed by atoms with Crippen LogP contribution in [-0.4, -0.2) is 38.6 Å². The maximum absolute atomic E-state index is 12.9. The first kappa shape index (κ1) is 23.0. The summed E-state index contributed by atoms with van der Waals surface area (Å²) in [7, 11) is -2.37. The Morgan fingerprint density at radius 2 is 1.79 bits per heavy atom. The fourth-order valence-electron chi connectivity index (χ4n) is 3.22. The summed E-state index contributed by atoms with van der Waals surface area (Å²) in [6, 6.07) is 15.9. The van der Waals surface area contributed by atoms with E-state index in [1.807, 2.05) is 0 Å². The molecule has 1 unspecified atom stereocenters. The maximum atomic E-state index is 12.9. The number of thioether (sulfide) groups is 1. The quantitative estimate of drug-likeness (QED) is 0.387. The Morgan fingerprint density at radius 1 is 1.09 bits per heavy atom. The molecule has 4 rings (SSSR count). The number of amides is 2. The number of esters is 1. The summed E-state index contributed by atoms with van der Waals surface area (Å²) in [5.41, 5.74) is 1.11. The third kappa shape index (κ3) is 4.95. The number of sulfonamides is 1. The van der Waals surface area contributed by atoms with E-state index in [0.717, 1.165) is 21.1 Å². The molecule has 0 radical (unpaired) electrons. The number of ether oxygens (including phenoxy) is 1. The fraction of sp³-hybridized carbons (Fsp3) is 0.136. The van der Waals surface area contributed by atoms with Crippen LogP contribution >= 0.6 is 23.1 Å². The summed E-state index contributed by atoms with van der Waals surface area (Å²) in [6.45, 7) is 0. The molecule has 1 aliphatic rings. The van der Waals surface area contributed by atoms with Gasteiger partial charge in [0.2, 0.25) is 11.8 Å². The summed E-state index contributed by atoms with van der Waals surface area (Å²) in [5, 5.41) is 1.08. The molecule has 2 aromatic carbocycles. The molecule has 2 heterocycles. The number of nitrogens with zero attached hydrogens (tertiary/aromatic N) is 1. The molecule has 1 N–H and O–H groups in total. The van der Waals surface area contributed by atoms with E-state index in [-0.39, 0.29) is 22.4 Å². The molecule has 3 aromatic rings. The number of anilines is 2. The van der Waals surface area contributed by atoms with Crippen molar-refractivity contribution >= 4 is 62.3 Å². The van der Waals surface area contributed by atoms with Crippen LogP contribution in [-0.2, 0) is 24.3 Å². The van der Waals surface area contributed by atoms with E-state index in [0.29, 0.717) is 16.9 Å². The molecule has 0 aliphatic carbocycles. The molecule has 8 nitrogen and oxygen atoms in total. The second-order valence-electron chi connectivity index (χ2n) is 6.98. The van der Waals surface area contributed by atoms with Crippen LogP contribution in [0, 0.1) is 0 Å². The molecular weight excluding hydrogens is 484 g/mol. The van der Waals surface area contributed by atoms with Gasteiger partial charge in [0.05, 0.1) is 23.6 Å². The minimum Gasteiger partial charge on any atom is -0.465 e. The number of methoxy groups -OCH3 is 1. The molecule has 170 valence electrons. The summed E-state index contributed by atoms with van der Waals surface area (Å²) < 4.78 is 32.1. The number of nitrogens with one attached hydrogen (secondary N) is 1. The lowest BCUT2D eigenvalue weighted by molar-refractivity contribution is -0.121. The van der Waals surface area contributed by atoms with Crippen molar-refractivity contribution in [2.24, 2.45) is 0 Å². The summed E-state index contributed by atoms with van der Waals surface area (Å²) in [5.74, 6) is -1.18. The topological polar surface area (TPSA) is 110 Å². The first-order valence-corrected chi connectivity index (χ1v) is 12.9. The second-order valence-corrected chi connectivity index (χ2v) is 11.1. The van der Waals surface area contributed by atoms with Gasteiger partial charge in [-0.25, -0.2) is 18.1 Å². The first-order valence-electron chi connectivity index (χ1n) is 9.67. The fourth-order valence-corrected chi connectivity index (χ4v) is 6.32. The van der Waals surface area contributed by atoms with Gasteiger partial charge in [-0.1, -0.05) is 6.07 Å². The van der Waals surface area contributed by atoms with Gasteiger partial charge in [-0.15, -0.1) is 23.1 Å². The van der Waals surface area contributed by atoms with E-state index in [2.05, 4.69) is 9.46 Å². The van der Waals surface area contributed by atoms with Crippen molar-refractivity contribution in [1.29, 1.82) is 0 Å². The number of rotatable bonds is 7. The molecule has 33 heavy (non-hydrogen) atoms. The largest absolute Gasteiger partial charge is 0.465 e. The Hall–Kier alpha value is -3.15. The Labute approximate surface area is 198 Å². The highest BCUT2D eigenvalue weighted by atomic mass is 32.2. The lowest BCUT2D eigenvalue weighted by Gasteiger charge is -2.15. The summed E-state index contributed by atoms with van der Waals surface area (Å²) in [4.78, 5) is 38.8. The predicted molar refractivity (Wildman–Crippen MR) is 126 cm³/mol. The van der Waals surface area contributed by atoms with Crippen LogP contribution in [0.25, 0.3) is 0 Å². The lowest BCUT2D eigenvalue weighted by Crippen LogP contribution is -2.31. The number of hydrogen-bond donors (Lipinski definition) is 1. The number of benzene rings is 2. The van der Waals surface area contributed by atoms with Gasteiger partial charge in [0.25, 0.3) is 10.0 Å². The predicted octanol–water partition coefficient (Wildman–Crippen LogP) is 3.76. The summed E-state index contributed by atoms with van der Waals surface area (Å²) >= 11 is 2.36. The maximum Gasteiger partial charge on any atom is 0.337 e. The number of thiophene rings is 1. The van der Waals surface area contributed by atoms with Crippen molar-refractivity contribution in [3.8, 4) is 0 Å². The van der Waals surface area contributed by atoms with Crippen LogP contribution in [0.2, 0.25) is 0 Å². The van der Waals surface area contributed by atoms with Crippen LogP contribution in [0.3, 0.4) is 0 Å². The molecular formula is C22H18N2O6S3. The van der Waals surface area contributed by atoms with E-state index in [1.54, 1.807) is 35.7 Å². The second kappa shape index (κ2) is 9.38. The SMILES string of the molecule is COC(=O)c1ccc(N2C(=O)CC(Sc3ccc(NS(=O)(=O)c4cccs4)cc3)C2=O)cc1. The molecule has 2 amide bonds. The zero-order valence-electron chi connectivity index (χ0n) is 17.3. The highest BCUT2D eigenvalue weighted by Crippen LogP contribution is 2.34. The Balaban J connectivity index is 1.43. The average Bonchev–Trinajstić information content (AvgIpc) is 3.44. The van der Waals surface area contributed by atoms with Crippen LogP contribution in [0.5, 0.6) is 0 Å². The number of carbonyl (C=O) groups is 3. The van der Waals surface area contributed by atoms with E-state index in [9.17, 15) is 22.8 Å². The van der Waals surface area contributed by atoms with E-state index >= 15 is 0 Å². The van der Waals surface area contributed by atoms with Crippen LogP contribution in [0.15, 0.2) is 75.1 Å². The highest BCUT2D eigenvalue weighted by Gasteiger charge is 2.40. The number of imide groups is 1. The Kier molecular flexibility index (Phi) is 6.54. The zero-order valence-corrected chi connectivity index (χ0v) is 19.7. The minimum atomic E-state index is -3.64. The van der Waals surface area contributed by atoms with Crippen LogP contribution in [0.1, 0.15) is 16.8 Å². The van der Waals surface area contributed by atoms with Crippen molar-refractivity contribution in [3.63, 3.8) is 0 Å². The zero-order chi connectivity index (χ0) is 23.6. The van der Waals surface area contributed by atoms with Crippen molar-refractivity contribution in [3.05, 3.63) is 71.6 Å². The monoisotopic (exact) mass is 502 g/mol. The van der Waals surface area contributed by atoms with Gasteiger partial charge in [-0.3, -0.25) is 14.3 Å².